The first-order valence-electron chi connectivity index (χ1n) is 7.01. The van der Waals surface area contributed by atoms with Crippen molar-refractivity contribution in [2.45, 2.75) is 27.3 Å². The summed E-state index contributed by atoms with van der Waals surface area (Å²) in [6.07, 6.45) is 1.08. The van der Waals surface area contributed by atoms with Crippen molar-refractivity contribution < 1.29 is 9.72 Å². The average molecular weight is 315 g/mol. The number of rotatable bonds is 4. The molecule has 0 unspecified atom stereocenters. The summed E-state index contributed by atoms with van der Waals surface area (Å²) in [5.74, 6) is -0.413. The number of pyridine rings is 1. The van der Waals surface area contributed by atoms with Crippen LogP contribution in [0.15, 0.2) is 35.3 Å². The van der Waals surface area contributed by atoms with Crippen LogP contribution in [0.5, 0.6) is 0 Å². The summed E-state index contributed by atoms with van der Waals surface area (Å²) in [5, 5.41) is 13.6. The minimum Gasteiger partial charge on any atom is -0.324 e. The van der Waals surface area contributed by atoms with E-state index in [9.17, 15) is 19.7 Å². The number of aromatic nitrogens is 1. The van der Waals surface area contributed by atoms with Gasteiger partial charge in [-0.2, -0.15) is 0 Å². The van der Waals surface area contributed by atoms with Gasteiger partial charge in [0.15, 0.2) is 0 Å². The monoisotopic (exact) mass is 315 g/mol. The van der Waals surface area contributed by atoms with Crippen LogP contribution >= 0.6 is 0 Å². The van der Waals surface area contributed by atoms with E-state index in [0.717, 1.165) is 21.9 Å². The molecule has 0 spiro atoms. The van der Waals surface area contributed by atoms with E-state index in [1.165, 1.54) is 13.0 Å². The minimum atomic E-state index is -0.591. The van der Waals surface area contributed by atoms with Gasteiger partial charge < -0.3 is 5.32 Å². The second-order valence-electron chi connectivity index (χ2n) is 5.39. The van der Waals surface area contributed by atoms with Gasteiger partial charge >= 0.3 is 0 Å². The maximum Gasteiger partial charge on any atom is 0.286 e. The van der Waals surface area contributed by atoms with Gasteiger partial charge in [-0.1, -0.05) is 18.2 Å². The van der Waals surface area contributed by atoms with Gasteiger partial charge in [-0.15, -0.1) is 0 Å². The molecule has 7 nitrogen and oxygen atoms in total. The van der Waals surface area contributed by atoms with Gasteiger partial charge in [-0.25, -0.2) is 0 Å². The van der Waals surface area contributed by atoms with Gasteiger partial charge in [0, 0.05) is 17.3 Å². The molecule has 0 radical (unpaired) electrons. The van der Waals surface area contributed by atoms with Crippen LogP contribution in [0.4, 0.5) is 11.4 Å². The fourth-order valence-electron chi connectivity index (χ4n) is 2.33. The van der Waals surface area contributed by atoms with Crippen molar-refractivity contribution in [3.63, 3.8) is 0 Å². The zero-order chi connectivity index (χ0) is 17.1. The van der Waals surface area contributed by atoms with Crippen LogP contribution < -0.4 is 10.9 Å². The van der Waals surface area contributed by atoms with E-state index < -0.39 is 16.4 Å². The second-order valence-corrected chi connectivity index (χ2v) is 5.39. The highest BCUT2D eigenvalue weighted by Gasteiger charge is 2.14. The van der Waals surface area contributed by atoms with E-state index in [1.54, 1.807) is 0 Å². The number of hydrogen-bond acceptors (Lipinski definition) is 4. The quantitative estimate of drug-likeness (QED) is 0.692. The van der Waals surface area contributed by atoms with Gasteiger partial charge in [0.05, 0.1) is 11.1 Å². The van der Waals surface area contributed by atoms with Crippen LogP contribution in [0.25, 0.3) is 0 Å². The molecule has 7 heteroatoms. The summed E-state index contributed by atoms with van der Waals surface area (Å²) in [5.41, 5.74) is 2.07. The second kappa shape index (κ2) is 6.43. The highest BCUT2D eigenvalue weighted by atomic mass is 16.6. The molecule has 1 N–H and O–H groups in total. The fourth-order valence-corrected chi connectivity index (χ4v) is 2.33. The summed E-state index contributed by atoms with van der Waals surface area (Å²) in [6, 6.07) is 6.82. The molecule has 0 saturated carbocycles. The predicted octanol–water partition coefficient (Wildman–Crippen LogP) is 2.32. The lowest BCUT2D eigenvalue weighted by Gasteiger charge is -2.12. The number of hydrogen-bond donors (Lipinski definition) is 1. The lowest BCUT2D eigenvalue weighted by Crippen LogP contribution is -2.29. The molecular weight excluding hydrogens is 298 g/mol. The molecule has 0 bridgehead atoms. The van der Waals surface area contributed by atoms with Crippen LogP contribution in [0.1, 0.15) is 16.7 Å². The zero-order valence-corrected chi connectivity index (χ0v) is 13.1. The highest BCUT2D eigenvalue weighted by molar-refractivity contribution is 5.92. The van der Waals surface area contributed by atoms with E-state index in [0.29, 0.717) is 5.69 Å². The van der Waals surface area contributed by atoms with E-state index >= 15 is 0 Å². The third-order valence-electron chi connectivity index (χ3n) is 3.52. The minimum absolute atomic E-state index is 0.220. The molecule has 1 heterocycles. The van der Waals surface area contributed by atoms with Crippen LogP contribution in [0, 0.1) is 30.9 Å². The summed E-state index contributed by atoms with van der Waals surface area (Å²) < 4.78 is 1.05. The number of benzene rings is 1. The first kappa shape index (κ1) is 16.4. The third kappa shape index (κ3) is 3.63. The Morgan fingerprint density at radius 2 is 1.83 bits per heavy atom. The van der Waals surface area contributed by atoms with Gasteiger partial charge in [0.1, 0.15) is 6.54 Å². The molecule has 0 aliphatic heterocycles. The molecule has 1 aromatic heterocycles. The number of nitrogens with zero attached hydrogens (tertiary/aromatic N) is 2. The van der Waals surface area contributed by atoms with Crippen molar-refractivity contribution in [3.8, 4) is 0 Å². The van der Waals surface area contributed by atoms with Crippen molar-refractivity contribution >= 4 is 17.3 Å². The maximum atomic E-state index is 12.2. The Balaban J connectivity index is 2.27. The van der Waals surface area contributed by atoms with Gasteiger partial charge in [0.2, 0.25) is 5.91 Å². The van der Waals surface area contributed by atoms with E-state index in [4.69, 9.17) is 0 Å². The van der Waals surface area contributed by atoms with Gasteiger partial charge in [-0.05, 0) is 31.9 Å². The molecule has 120 valence electrons. The Morgan fingerprint density at radius 1 is 1.22 bits per heavy atom. The SMILES string of the molecule is Cc1cccc(C)c1NC(=O)Cn1cc([N+](=O)[O-])cc(C)c1=O. The molecule has 2 rings (SSSR count). The van der Waals surface area contributed by atoms with Crippen molar-refractivity contribution in [3.05, 3.63) is 67.6 Å². The first-order valence-corrected chi connectivity index (χ1v) is 7.01. The Morgan fingerprint density at radius 3 is 2.39 bits per heavy atom. The standard InChI is InChI=1S/C16H17N3O4/c1-10-5-4-6-11(2)15(10)17-14(20)9-18-8-13(19(22)23)7-12(3)16(18)21/h4-8H,9H2,1-3H3,(H,17,20). The first-order chi connectivity index (χ1) is 10.8. The Kier molecular flexibility index (Phi) is 4.59. The fraction of sp³-hybridized carbons (Fsp3) is 0.250. The Labute approximate surface area is 132 Å². The summed E-state index contributed by atoms with van der Waals surface area (Å²) in [7, 11) is 0. The van der Waals surface area contributed by atoms with Crippen molar-refractivity contribution in [2.75, 3.05) is 5.32 Å². The molecule has 2 aromatic rings. The number of para-hydroxylation sites is 1. The molecule has 0 saturated heterocycles. The van der Waals surface area contributed by atoms with Crippen molar-refractivity contribution in [2.24, 2.45) is 0 Å². The Hall–Kier alpha value is -2.96. The topological polar surface area (TPSA) is 94.2 Å². The highest BCUT2D eigenvalue weighted by Crippen LogP contribution is 2.19. The molecule has 0 aliphatic rings. The number of carbonyl (C=O) groups is 1. The summed E-state index contributed by atoms with van der Waals surface area (Å²) in [6.45, 7) is 4.93. The van der Waals surface area contributed by atoms with Gasteiger partial charge in [0.25, 0.3) is 11.2 Å². The number of nitrogens with one attached hydrogen (secondary N) is 1. The molecule has 0 fully saturated rings. The lowest BCUT2D eigenvalue weighted by molar-refractivity contribution is -0.385. The molecule has 0 aliphatic carbocycles. The average Bonchev–Trinajstić information content (AvgIpc) is 2.47. The van der Waals surface area contributed by atoms with Crippen LogP contribution in [0.3, 0.4) is 0 Å². The van der Waals surface area contributed by atoms with Crippen molar-refractivity contribution in [1.82, 2.24) is 4.57 Å². The number of anilines is 1. The zero-order valence-electron chi connectivity index (χ0n) is 13.1. The number of nitro groups is 1. The number of amides is 1. The smallest absolute Gasteiger partial charge is 0.286 e. The molecule has 0 atom stereocenters. The Bertz CT molecular complexity index is 819. The van der Waals surface area contributed by atoms with Crippen molar-refractivity contribution in [1.29, 1.82) is 0 Å². The van der Waals surface area contributed by atoms with Gasteiger partial charge in [-0.3, -0.25) is 24.3 Å². The van der Waals surface area contributed by atoms with Crippen LogP contribution in [-0.2, 0) is 11.3 Å². The lowest BCUT2D eigenvalue weighted by atomic mass is 10.1. The molecular formula is C16H17N3O4. The van der Waals surface area contributed by atoms with Crippen LogP contribution in [0.2, 0.25) is 0 Å². The van der Waals surface area contributed by atoms with E-state index in [2.05, 4.69) is 5.32 Å². The molecule has 1 amide bonds. The summed E-state index contributed by atoms with van der Waals surface area (Å²) >= 11 is 0. The maximum absolute atomic E-state index is 12.2. The van der Waals surface area contributed by atoms with E-state index in [1.807, 2.05) is 32.0 Å². The van der Waals surface area contributed by atoms with Crippen LogP contribution in [-0.4, -0.2) is 15.4 Å². The third-order valence-corrected chi connectivity index (χ3v) is 3.52. The molecule has 23 heavy (non-hydrogen) atoms. The largest absolute Gasteiger partial charge is 0.324 e. The summed E-state index contributed by atoms with van der Waals surface area (Å²) in [4.78, 5) is 34.5. The normalized spacial score (nSPS) is 10.4. The molecule has 1 aromatic carbocycles. The predicted molar refractivity (Wildman–Crippen MR) is 86.6 cm³/mol. The van der Waals surface area contributed by atoms with E-state index in [-0.39, 0.29) is 17.8 Å². The number of carbonyl (C=O) groups excluding carboxylic acids is 1. The number of aryl methyl sites for hydroxylation is 3.